The maximum atomic E-state index is 13.2. The van der Waals surface area contributed by atoms with Crippen LogP contribution in [0.25, 0.3) is 5.69 Å². The van der Waals surface area contributed by atoms with E-state index in [1.807, 2.05) is 24.3 Å². The topological polar surface area (TPSA) is 71.3 Å². The van der Waals surface area contributed by atoms with Gasteiger partial charge in [0.2, 0.25) is 0 Å². The maximum Gasteiger partial charge on any atom is 0.334 e. The summed E-state index contributed by atoms with van der Waals surface area (Å²) in [5, 5.41) is 3.87. The number of nitrogens with zero attached hydrogens (tertiary/aromatic N) is 1. The van der Waals surface area contributed by atoms with Gasteiger partial charge in [-0.3, -0.25) is 9.78 Å². The number of hydrogen-bond acceptors (Lipinski definition) is 3. The number of benzene rings is 2. The van der Waals surface area contributed by atoms with Gasteiger partial charge in [0.1, 0.15) is 30.3 Å². The lowest BCUT2D eigenvalue weighted by Gasteiger charge is -2.28. The van der Waals surface area contributed by atoms with Crippen molar-refractivity contribution in [3.05, 3.63) is 91.3 Å². The van der Waals surface area contributed by atoms with E-state index in [9.17, 15) is 14.0 Å². The second-order valence-corrected chi connectivity index (χ2v) is 6.85. The SMILES string of the molecule is O=c1[nH]c(=O)n(-c2ccc(F)cc2)c2c1C[NH+](Cc1ccccc1Cl)CN2. The first-order valence-corrected chi connectivity index (χ1v) is 8.86. The number of halogens is 2. The minimum atomic E-state index is -0.563. The van der Waals surface area contributed by atoms with Crippen molar-refractivity contribution >= 4 is 17.4 Å². The molecule has 0 radical (unpaired) electrons. The van der Waals surface area contributed by atoms with E-state index in [1.165, 1.54) is 28.8 Å². The Labute approximate surface area is 158 Å². The standard InChI is InChI=1S/C19H16ClFN4O2/c20-16-4-2-1-3-12(16)9-24-10-15-17(22-11-24)25(19(27)23-18(15)26)14-7-5-13(21)6-8-14/h1-8,22H,9-11H2,(H,23,26,27)/p+1. The highest BCUT2D eigenvalue weighted by atomic mass is 35.5. The van der Waals surface area contributed by atoms with Gasteiger partial charge in [0.25, 0.3) is 5.56 Å². The Hall–Kier alpha value is -2.90. The highest BCUT2D eigenvalue weighted by Gasteiger charge is 2.26. The molecule has 0 spiro atoms. The van der Waals surface area contributed by atoms with E-state index in [4.69, 9.17) is 11.6 Å². The van der Waals surface area contributed by atoms with E-state index in [-0.39, 0.29) is 0 Å². The van der Waals surface area contributed by atoms with Crippen LogP contribution in [0.3, 0.4) is 0 Å². The Bertz CT molecular complexity index is 1110. The largest absolute Gasteiger partial charge is 0.334 e. The van der Waals surface area contributed by atoms with Crippen molar-refractivity contribution in [3.8, 4) is 5.69 Å². The molecule has 1 aliphatic rings. The van der Waals surface area contributed by atoms with Gasteiger partial charge in [0.05, 0.1) is 5.69 Å². The number of quaternary nitrogens is 1. The summed E-state index contributed by atoms with van der Waals surface area (Å²) in [7, 11) is 0. The van der Waals surface area contributed by atoms with Gasteiger partial charge in [-0.1, -0.05) is 29.8 Å². The van der Waals surface area contributed by atoms with Crippen LogP contribution in [0.4, 0.5) is 10.2 Å². The minimum absolute atomic E-state index is 0.395. The van der Waals surface area contributed by atoms with E-state index >= 15 is 0 Å². The summed E-state index contributed by atoms with van der Waals surface area (Å²) in [6.45, 7) is 1.59. The number of anilines is 1. The van der Waals surface area contributed by atoms with E-state index < -0.39 is 17.1 Å². The van der Waals surface area contributed by atoms with Gasteiger partial charge in [-0.05, 0) is 30.3 Å². The Morgan fingerprint density at radius 2 is 1.85 bits per heavy atom. The number of hydrogen-bond donors (Lipinski definition) is 3. The van der Waals surface area contributed by atoms with Crippen LogP contribution in [-0.4, -0.2) is 16.2 Å². The fourth-order valence-electron chi connectivity index (χ4n) is 3.32. The third-order valence-electron chi connectivity index (χ3n) is 4.62. The van der Waals surface area contributed by atoms with Crippen molar-refractivity contribution in [1.29, 1.82) is 0 Å². The summed E-state index contributed by atoms with van der Waals surface area (Å²) >= 11 is 6.24. The smallest absolute Gasteiger partial charge is 0.324 e. The molecule has 27 heavy (non-hydrogen) atoms. The van der Waals surface area contributed by atoms with E-state index in [0.717, 1.165) is 10.5 Å². The van der Waals surface area contributed by atoms with Crippen LogP contribution in [-0.2, 0) is 13.1 Å². The van der Waals surface area contributed by atoms with Gasteiger partial charge < -0.3 is 10.2 Å². The van der Waals surface area contributed by atoms with Crippen molar-refractivity contribution in [1.82, 2.24) is 9.55 Å². The summed E-state index contributed by atoms with van der Waals surface area (Å²) in [6, 6.07) is 13.1. The molecule has 2 aromatic carbocycles. The number of fused-ring (bicyclic) bond motifs is 1. The normalized spacial score (nSPS) is 15.9. The van der Waals surface area contributed by atoms with Crippen LogP contribution >= 0.6 is 11.6 Å². The lowest BCUT2D eigenvalue weighted by molar-refractivity contribution is -0.926. The molecule has 4 rings (SSSR count). The average Bonchev–Trinajstić information content (AvgIpc) is 2.65. The molecule has 3 N–H and O–H groups in total. The van der Waals surface area contributed by atoms with Gasteiger partial charge in [-0.15, -0.1) is 0 Å². The molecule has 6 nitrogen and oxygen atoms in total. The summed E-state index contributed by atoms with van der Waals surface area (Å²) in [4.78, 5) is 28.2. The summed E-state index contributed by atoms with van der Waals surface area (Å²) in [5.74, 6) is 0.0478. The molecule has 1 aromatic heterocycles. The fraction of sp³-hybridized carbons (Fsp3) is 0.158. The Kier molecular flexibility index (Phi) is 4.55. The lowest BCUT2D eigenvalue weighted by atomic mass is 10.1. The fourth-order valence-corrected chi connectivity index (χ4v) is 3.52. The molecule has 0 aliphatic carbocycles. The molecule has 1 atom stereocenters. The molecule has 3 aromatic rings. The number of aromatic amines is 1. The van der Waals surface area contributed by atoms with Crippen molar-refractivity contribution in [2.75, 3.05) is 12.0 Å². The molecule has 0 saturated heterocycles. The van der Waals surface area contributed by atoms with E-state index in [0.29, 0.717) is 41.8 Å². The zero-order chi connectivity index (χ0) is 19.0. The predicted molar refractivity (Wildman–Crippen MR) is 101 cm³/mol. The average molecular weight is 388 g/mol. The first kappa shape index (κ1) is 17.5. The number of H-pyrrole nitrogens is 1. The molecule has 2 heterocycles. The predicted octanol–water partition coefficient (Wildman–Crippen LogP) is 1.29. The first-order valence-electron chi connectivity index (χ1n) is 8.48. The van der Waals surface area contributed by atoms with Gasteiger partial charge >= 0.3 is 5.69 Å². The molecule has 0 saturated carbocycles. The number of nitrogens with one attached hydrogen (secondary N) is 3. The third kappa shape index (κ3) is 3.39. The molecule has 0 fully saturated rings. The number of rotatable bonds is 3. The minimum Gasteiger partial charge on any atom is -0.324 e. The van der Waals surface area contributed by atoms with E-state index in [1.54, 1.807) is 0 Å². The monoisotopic (exact) mass is 387 g/mol. The summed E-state index contributed by atoms with van der Waals surface area (Å²) < 4.78 is 14.6. The van der Waals surface area contributed by atoms with Crippen molar-refractivity contribution < 1.29 is 9.29 Å². The van der Waals surface area contributed by atoms with Gasteiger partial charge in [0.15, 0.2) is 6.67 Å². The first-order chi connectivity index (χ1) is 13.0. The van der Waals surface area contributed by atoms with Crippen molar-refractivity contribution in [3.63, 3.8) is 0 Å². The highest BCUT2D eigenvalue weighted by molar-refractivity contribution is 6.31. The Morgan fingerprint density at radius 3 is 2.59 bits per heavy atom. The molecule has 1 unspecified atom stereocenters. The summed E-state index contributed by atoms with van der Waals surface area (Å²) in [5.41, 5.74) is 0.968. The molecule has 138 valence electrons. The zero-order valence-electron chi connectivity index (χ0n) is 14.3. The van der Waals surface area contributed by atoms with Crippen LogP contribution in [0.5, 0.6) is 0 Å². The van der Waals surface area contributed by atoms with Crippen LogP contribution in [0, 0.1) is 5.82 Å². The van der Waals surface area contributed by atoms with Gasteiger partial charge in [-0.25, -0.2) is 13.8 Å². The molecular formula is C19H17ClFN4O2+. The molecule has 0 amide bonds. The lowest BCUT2D eigenvalue weighted by Crippen LogP contribution is -3.11. The van der Waals surface area contributed by atoms with Crippen molar-refractivity contribution in [2.24, 2.45) is 0 Å². The van der Waals surface area contributed by atoms with Crippen molar-refractivity contribution in [2.45, 2.75) is 13.1 Å². The number of aromatic nitrogens is 2. The molecule has 8 heteroatoms. The van der Waals surface area contributed by atoms with Gasteiger partial charge in [0, 0.05) is 10.6 Å². The van der Waals surface area contributed by atoms with Gasteiger partial charge in [-0.2, -0.15) is 0 Å². The molecular weight excluding hydrogens is 371 g/mol. The van der Waals surface area contributed by atoms with Crippen LogP contribution in [0.1, 0.15) is 11.1 Å². The maximum absolute atomic E-state index is 13.2. The second kappa shape index (κ2) is 7.02. The summed E-state index contributed by atoms with van der Waals surface area (Å²) in [6.07, 6.45) is 0. The van der Waals surface area contributed by atoms with Crippen LogP contribution < -0.4 is 21.5 Å². The Morgan fingerprint density at radius 1 is 1.11 bits per heavy atom. The van der Waals surface area contributed by atoms with Crippen LogP contribution in [0.2, 0.25) is 5.02 Å². The zero-order valence-corrected chi connectivity index (χ0v) is 15.0. The quantitative estimate of drug-likeness (QED) is 0.634. The molecule has 1 aliphatic heterocycles. The highest BCUT2D eigenvalue weighted by Crippen LogP contribution is 2.18. The molecule has 0 bridgehead atoms. The Balaban J connectivity index is 1.71. The van der Waals surface area contributed by atoms with E-state index in [2.05, 4.69) is 10.3 Å². The second-order valence-electron chi connectivity index (χ2n) is 6.45. The van der Waals surface area contributed by atoms with Crippen LogP contribution in [0.15, 0.2) is 58.1 Å². The third-order valence-corrected chi connectivity index (χ3v) is 4.99.